The molecular weight excluding hydrogens is 160 g/mol. The van der Waals surface area contributed by atoms with E-state index in [1.54, 1.807) is 0 Å². The lowest BCUT2D eigenvalue weighted by atomic mass is 9.86. The molecule has 0 bridgehead atoms. The topological polar surface area (TPSA) is 29.3 Å². The summed E-state index contributed by atoms with van der Waals surface area (Å²) in [6.45, 7) is 7.66. The number of nitrogens with zero attached hydrogens (tertiary/aromatic N) is 1. The third-order valence-corrected chi connectivity index (χ3v) is 3.32. The number of nitrogens with two attached hydrogens (primary N) is 1. The van der Waals surface area contributed by atoms with Crippen molar-refractivity contribution in [1.29, 1.82) is 0 Å². The summed E-state index contributed by atoms with van der Waals surface area (Å²) in [4.78, 5) is 2.55. The summed E-state index contributed by atoms with van der Waals surface area (Å²) in [5.41, 5.74) is 5.60. The molecule has 2 N–H and O–H groups in total. The quantitative estimate of drug-likeness (QED) is 0.722. The smallest absolute Gasteiger partial charge is 0.0107 e. The van der Waals surface area contributed by atoms with E-state index in [-0.39, 0.29) is 0 Å². The van der Waals surface area contributed by atoms with Crippen LogP contribution in [-0.4, -0.2) is 30.6 Å². The lowest BCUT2D eigenvalue weighted by Crippen LogP contribution is -2.40. The summed E-state index contributed by atoms with van der Waals surface area (Å²) < 4.78 is 0. The first-order valence-electron chi connectivity index (χ1n) is 5.72. The molecule has 0 radical (unpaired) electrons. The Hall–Kier alpha value is -0.0800. The van der Waals surface area contributed by atoms with Gasteiger partial charge in [-0.15, -0.1) is 0 Å². The van der Waals surface area contributed by atoms with Crippen LogP contribution in [-0.2, 0) is 0 Å². The summed E-state index contributed by atoms with van der Waals surface area (Å²) in [7, 11) is 0. The van der Waals surface area contributed by atoms with E-state index < -0.39 is 0 Å². The van der Waals surface area contributed by atoms with E-state index in [4.69, 9.17) is 5.73 Å². The Labute approximate surface area is 82.5 Å². The van der Waals surface area contributed by atoms with Crippen molar-refractivity contribution in [3.63, 3.8) is 0 Å². The lowest BCUT2D eigenvalue weighted by Gasteiger charge is -2.35. The van der Waals surface area contributed by atoms with E-state index in [0.29, 0.717) is 0 Å². The Morgan fingerprint density at radius 2 is 1.85 bits per heavy atom. The molecule has 1 aliphatic rings. The maximum Gasteiger partial charge on any atom is 0.0107 e. The highest BCUT2D eigenvalue weighted by molar-refractivity contribution is 4.77. The zero-order valence-electron chi connectivity index (χ0n) is 9.13. The van der Waals surface area contributed by atoms with Crippen LogP contribution in [0.15, 0.2) is 0 Å². The van der Waals surface area contributed by atoms with Crippen LogP contribution in [0.3, 0.4) is 0 Å². The molecule has 0 aliphatic heterocycles. The fraction of sp³-hybridized carbons (Fsp3) is 1.00. The first kappa shape index (κ1) is 11.0. The molecule has 0 amide bonds. The fourth-order valence-electron chi connectivity index (χ4n) is 2.37. The van der Waals surface area contributed by atoms with Crippen molar-refractivity contribution in [2.45, 2.75) is 45.6 Å². The monoisotopic (exact) mass is 184 g/mol. The molecule has 1 fully saturated rings. The maximum absolute atomic E-state index is 5.60. The van der Waals surface area contributed by atoms with Gasteiger partial charge in [-0.3, -0.25) is 4.90 Å². The van der Waals surface area contributed by atoms with Gasteiger partial charge in [-0.2, -0.15) is 0 Å². The molecule has 13 heavy (non-hydrogen) atoms. The molecule has 0 aromatic rings. The van der Waals surface area contributed by atoms with Crippen molar-refractivity contribution in [3.05, 3.63) is 0 Å². The van der Waals surface area contributed by atoms with Crippen LogP contribution in [0.2, 0.25) is 0 Å². The van der Waals surface area contributed by atoms with E-state index in [1.165, 1.54) is 25.7 Å². The van der Waals surface area contributed by atoms with Gasteiger partial charge >= 0.3 is 0 Å². The number of rotatable bonds is 4. The first-order valence-corrected chi connectivity index (χ1v) is 5.72. The van der Waals surface area contributed by atoms with Gasteiger partial charge in [0.2, 0.25) is 0 Å². The zero-order valence-corrected chi connectivity index (χ0v) is 9.13. The average Bonchev–Trinajstić information content (AvgIpc) is 2.16. The largest absolute Gasteiger partial charge is 0.329 e. The minimum absolute atomic E-state index is 0.805. The van der Waals surface area contributed by atoms with Crippen molar-refractivity contribution >= 4 is 0 Å². The van der Waals surface area contributed by atoms with Gasteiger partial charge in [0.25, 0.3) is 0 Å². The Bertz CT molecular complexity index is 128. The molecule has 1 rings (SSSR count). The molecule has 0 heterocycles. The van der Waals surface area contributed by atoms with Gasteiger partial charge in [-0.05, 0) is 38.1 Å². The second-order valence-corrected chi connectivity index (χ2v) is 4.33. The minimum atomic E-state index is 0.805. The van der Waals surface area contributed by atoms with Crippen LogP contribution >= 0.6 is 0 Å². The van der Waals surface area contributed by atoms with Crippen molar-refractivity contribution in [3.8, 4) is 0 Å². The first-order chi connectivity index (χ1) is 6.27. The molecule has 0 atom stereocenters. The third-order valence-electron chi connectivity index (χ3n) is 3.32. The number of hydrogen-bond donors (Lipinski definition) is 1. The van der Waals surface area contributed by atoms with Gasteiger partial charge in [0.15, 0.2) is 0 Å². The Kier molecular flexibility index (Phi) is 4.74. The normalized spacial score (nSPS) is 29.5. The number of likely N-dealkylation sites (N-methyl/N-ethyl adjacent to an activating group) is 1. The van der Waals surface area contributed by atoms with Crippen LogP contribution in [0.25, 0.3) is 0 Å². The molecule has 0 spiro atoms. The van der Waals surface area contributed by atoms with Gasteiger partial charge in [0.1, 0.15) is 0 Å². The molecule has 2 nitrogen and oxygen atoms in total. The van der Waals surface area contributed by atoms with Crippen LogP contribution in [0, 0.1) is 5.92 Å². The van der Waals surface area contributed by atoms with Crippen molar-refractivity contribution in [1.82, 2.24) is 4.90 Å². The molecule has 2 heteroatoms. The van der Waals surface area contributed by atoms with Gasteiger partial charge in [0.05, 0.1) is 0 Å². The average molecular weight is 184 g/mol. The molecule has 1 aliphatic carbocycles. The van der Waals surface area contributed by atoms with Gasteiger partial charge in [-0.1, -0.05) is 13.8 Å². The predicted molar refractivity (Wildman–Crippen MR) is 57.7 cm³/mol. The van der Waals surface area contributed by atoms with Gasteiger partial charge in [-0.25, -0.2) is 0 Å². The summed E-state index contributed by atoms with van der Waals surface area (Å²) in [6, 6.07) is 0.824. The Morgan fingerprint density at radius 3 is 2.31 bits per heavy atom. The highest BCUT2D eigenvalue weighted by Gasteiger charge is 2.22. The zero-order chi connectivity index (χ0) is 9.68. The number of hydrogen-bond acceptors (Lipinski definition) is 2. The minimum Gasteiger partial charge on any atom is -0.329 e. The van der Waals surface area contributed by atoms with Crippen LogP contribution in [0.5, 0.6) is 0 Å². The molecular formula is C11H24N2. The van der Waals surface area contributed by atoms with Crippen molar-refractivity contribution in [2.24, 2.45) is 11.7 Å². The molecule has 78 valence electrons. The SMILES string of the molecule is CCN(CCN)C1CCC(C)CC1. The van der Waals surface area contributed by atoms with Crippen LogP contribution < -0.4 is 5.73 Å². The van der Waals surface area contributed by atoms with E-state index in [9.17, 15) is 0 Å². The molecule has 1 saturated carbocycles. The van der Waals surface area contributed by atoms with Gasteiger partial charge < -0.3 is 5.73 Å². The standard InChI is InChI=1S/C11H24N2/c1-3-13(9-8-12)11-6-4-10(2)5-7-11/h10-11H,3-9,12H2,1-2H3. The van der Waals surface area contributed by atoms with E-state index >= 15 is 0 Å². The summed E-state index contributed by atoms with van der Waals surface area (Å²) in [6.07, 6.45) is 5.58. The molecule has 0 saturated heterocycles. The van der Waals surface area contributed by atoms with E-state index in [1.807, 2.05) is 0 Å². The maximum atomic E-state index is 5.60. The lowest BCUT2D eigenvalue weighted by molar-refractivity contribution is 0.150. The van der Waals surface area contributed by atoms with Gasteiger partial charge in [0, 0.05) is 19.1 Å². The fourth-order valence-corrected chi connectivity index (χ4v) is 2.37. The summed E-state index contributed by atoms with van der Waals surface area (Å²) in [5, 5.41) is 0. The van der Waals surface area contributed by atoms with E-state index in [2.05, 4.69) is 18.7 Å². The summed E-state index contributed by atoms with van der Waals surface area (Å²) >= 11 is 0. The highest BCUT2D eigenvalue weighted by atomic mass is 15.2. The van der Waals surface area contributed by atoms with Crippen LogP contribution in [0.1, 0.15) is 39.5 Å². The highest BCUT2D eigenvalue weighted by Crippen LogP contribution is 2.26. The van der Waals surface area contributed by atoms with Crippen molar-refractivity contribution in [2.75, 3.05) is 19.6 Å². The second kappa shape index (κ2) is 5.61. The molecule has 0 aromatic heterocycles. The predicted octanol–water partition coefficient (Wildman–Crippen LogP) is 1.85. The van der Waals surface area contributed by atoms with Crippen molar-refractivity contribution < 1.29 is 0 Å². The second-order valence-electron chi connectivity index (χ2n) is 4.33. The molecule has 0 unspecified atom stereocenters. The Morgan fingerprint density at radius 1 is 1.23 bits per heavy atom. The molecule has 0 aromatic carbocycles. The Balaban J connectivity index is 2.32. The third kappa shape index (κ3) is 3.28. The van der Waals surface area contributed by atoms with E-state index in [0.717, 1.165) is 31.6 Å². The van der Waals surface area contributed by atoms with Crippen LogP contribution in [0.4, 0.5) is 0 Å². The summed E-state index contributed by atoms with van der Waals surface area (Å²) in [5.74, 6) is 0.952.